The van der Waals surface area contributed by atoms with E-state index in [-0.39, 0.29) is 18.3 Å². The van der Waals surface area contributed by atoms with E-state index in [1.165, 1.54) is 35.2 Å². The maximum Gasteiger partial charge on any atom is 0.416 e. The quantitative estimate of drug-likeness (QED) is 0.592. The fourth-order valence-electron chi connectivity index (χ4n) is 3.47. The highest BCUT2D eigenvalue weighted by molar-refractivity contribution is 5.48. The van der Waals surface area contributed by atoms with Gasteiger partial charge in [-0.3, -0.25) is 4.57 Å². The van der Waals surface area contributed by atoms with E-state index in [4.69, 9.17) is 0 Å². The highest BCUT2D eigenvalue weighted by Gasteiger charge is 2.30. The summed E-state index contributed by atoms with van der Waals surface area (Å²) in [7, 11) is 0. The van der Waals surface area contributed by atoms with Crippen molar-refractivity contribution in [3.63, 3.8) is 0 Å². The number of alkyl halides is 3. The predicted molar refractivity (Wildman–Crippen MR) is 108 cm³/mol. The van der Waals surface area contributed by atoms with Crippen molar-refractivity contribution in [3.8, 4) is 0 Å². The molecule has 1 aliphatic rings. The zero-order chi connectivity index (χ0) is 22.0. The first-order chi connectivity index (χ1) is 14.8. The molecule has 0 aliphatic carbocycles. The van der Waals surface area contributed by atoms with Crippen molar-refractivity contribution >= 4 is 11.6 Å². The van der Waals surface area contributed by atoms with Crippen LogP contribution in [0, 0.1) is 5.82 Å². The summed E-state index contributed by atoms with van der Waals surface area (Å²) in [4.78, 5) is 24.6. The zero-order valence-electron chi connectivity index (χ0n) is 16.4. The third-order valence-corrected chi connectivity index (χ3v) is 5.12. The van der Waals surface area contributed by atoms with Gasteiger partial charge in [-0.05, 0) is 42.0 Å². The van der Waals surface area contributed by atoms with E-state index in [1.54, 1.807) is 12.1 Å². The molecule has 1 aromatic heterocycles. The monoisotopic (exact) mass is 433 g/mol. The second kappa shape index (κ2) is 8.37. The Morgan fingerprint density at radius 3 is 2.26 bits per heavy atom. The molecule has 1 aliphatic heterocycles. The molecule has 162 valence electrons. The molecule has 3 aromatic rings. The second-order valence-corrected chi connectivity index (χ2v) is 7.22. The maximum absolute atomic E-state index is 13.1. The van der Waals surface area contributed by atoms with Crippen molar-refractivity contribution in [3.05, 3.63) is 82.3 Å². The van der Waals surface area contributed by atoms with Crippen molar-refractivity contribution in [1.29, 1.82) is 0 Å². The summed E-state index contributed by atoms with van der Waals surface area (Å²) in [6.07, 6.45) is -3.14. The standard InChI is InChI=1S/C21H19F4N5O/c22-17-4-6-18(7-5-17)28-8-10-29(11-9-28)19-26-14-30(20(31)27-19)13-15-2-1-3-16(12-15)21(23,24)25/h1-7,12,14H,8-11,13H2. The van der Waals surface area contributed by atoms with Crippen LogP contribution in [0.3, 0.4) is 0 Å². The van der Waals surface area contributed by atoms with E-state index in [1.807, 2.05) is 4.90 Å². The van der Waals surface area contributed by atoms with E-state index < -0.39 is 17.4 Å². The number of anilines is 2. The lowest BCUT2D eigenvalue weighted by Crippen LogP contribution is -2.47. The minimum Gasteiger partial charge on any atom is -0.368 e. The number of piperazine rings is 1. The molecule has 1 fully saturated rings. The third-order valence-electron chi connectivity index (χ3n) is 5.12. The minimum absolute atomic E-state index is 0.0542. The average Bonchev–Trinajstić information content (AvgIpc) is 2.75. The van der Waals surface area contributed by atoms with Crippen molar-refractivity contribution in [2.24, 2.45) is 0 Å². The Morgan fingerprint density at radius 2 is 1.61 bits per heavy atom. The van der Waals surface area contributed by atoms with Crippen molar-refractivity contribution in [2.75, 3.05) is 36.0 Å². The van der Waals surface area contributed by atoms with Gasteiger partial charge in [0.15, 0.2) is 0 Å². The Bertz CT molecular complexity index is 1110. The Morgan fingerprint density at radius 1 is 0.935 bits per heavy atom. The molecule has 0 radical (unpaired) electrons. The van der Waals surface area contributed by atoms with Crippen LogP contribution in [0.25, 0.3) is 0 Å². The number of hydrogen-bond acceptors (Lipinski definition) is 5. The van der Waals surface area contributed by atoms with Gasteiger partial charge in [-0.1, -0.05) is 12.1 Å². The van der Waals surface area contributed by atoms with Crippen LogP contribution in [0.4, 0.5) is 29.2 Å². The first kappa shape index (κ1) is 20.8. The van der Waals surface area contributed by atoms with E-state index in [9.17, 15) is 22.4 Å². The molecule has 0 atom stereocenters. The van der Waals surface area contributed by atoms with Crippen LogP contribution >= 0.6 is 0 Å². The molecule has 10 heteroatoms. The Balaban J connectivity index is 1.42. The number of halogens is 4. The molecular weight excluding hydrogens is 414 g/mol. The van der Waals surface area contributed by atoms with Crippen LogP contribution in [-0.4, -0.2) is 40.7 Å². The summed E-state index contributed by atoms with van der Waals surface area (Å²) >= 11 is 0. The summed E-state index contributed by atoms with van der Waals surface area (Å²) in [6.45, 7) is 2.41. The molecule has 0 saturated carbocycles. The van der Waals surface area contributed by atoms with Crippen LogP contribution in [0.1, 0.15) is 11.1 Å². The lowest BCUT2D eigenvalue weighted by molar-refractivity contribution is -0.137. The first-order valence-electron chi connectivity index (χ1n) is 9.65. The number of aromatic nitrogens is 3. The molecule has 31 heavy (non-hydrogen) atoms. The molecule has 1 saturated heterocycles. The van der Waals surface area contributed by atoms with Crippen LogP contribution in [0.15, 0.2) is 59.7 Å². The lowest BCUT2D eigenvalue weighted by atomic mass is 10.1. The molecule has 6 nitrogen and oxygen atoms in total. The molecule has 2 aromatic carbocycles. The Hall–Kier alpha value is -3.43. The van der Waals surface area contributed by atoms with Gasteiger partial charge in [-0.2, -0.15) is 18.2 Å². The smallest absolute Gasteiger partial charge is 0.368 e. The van der Waals surface area contributed by atoms with Gasteiger partial charge in [0.1, 0.15) is 12.1 Å². The summed E-state index contributed by atoms with van der Waals surface area (Å²) in [5.74, 6) is -0.00877. The van der Waals surface area contributed by atoms with Gasteiger partial charge in [0.05, 0.1) is 12.1 Å². The van der Waals surface area contributed by atoms with Gasteiger partial charge in [0.25, 0.3) is 0 Å². The minimum atomic E-state index is -4.45. The van der Waals surface area contributed by atoms with Gasteiger partial charge in [-0.15, -0.1) is 0 Å². The van der Waals surface area contributed by atoms with Gasteiger partial charge < -0.3 is 9.80 Å². The largest absolute Gasteiger partial charge is 0.416 e. The van der Waals surface area contributed by atoms with E-state index in [2.05, 4.69) is 14.9 Å². The first-order valence-corrected chi connectivity index (χ1v) is 9.65. The fraction of sp³-hybridized carbons (Fsp3) is 0.286. The molecule has 2 heterocycles. The van der Waals surface area contributed by atoms with E-state index in [0.29, 0.717) is 31.7 Å². The zero-order valence-corrected chi connectivity index (χ0v) is 16.4. The lowest BCUT2D eigenvalue weighted by Gasteiger charge is -2.36. The van der Waals surface area contributed by atoms with Crippen LogP contribution in [0.5, 0.6) is 0 Å². The fourth-order valence-corrected chi connectivity index (χ4v) is 3.47. The summed E-state index contributed by atoms with van der Waals surface area (Å²) in [6, 6.07) is 11.1. The summed E-state index contributed by atoms with van der Waals surface area (Å²) < 4.78 is 52.9. The number of rotatable bonds is 4. The van der Waals surface area contributed by atoms with Crippen LogP contribution in [0.2, 0.25) is 0 Å². The number of nitrogens with zero attached hydrogens (tertiary/aromatic N) is 5. The Kier molecular flexibility index (Phi) is 5.62. The van der Waals surface area contributed by atoms with Crippen molar-refractivity contribution in [2.45, 2.75) is 12.7 Å². The predicted octanol–water partition coefficient (Wildman–Crippen LogP) is 3.17. The molecule has 0 amide bonds. The molecular formula is C21H19F4N5O. The molecule has 0 spiro atoms. The highest BCUT2D eigenvalue weighted by Crippen LogP contribution is 2.29. The average molecular weight is 433 g/mol. The summed E-state index contributed by atoms with van der Waals surface area (Å²) in [5.41, 5.74) is -0.0994. The summed E-state index contributed by atoms with van der Waals surface area (Å²) in [5, 5.41) is 0. The Labute approximate surface area is 175 Å². The normalized spacial score (nSPS) is 14.7. The van der Waals surface area contributed by atoms with Gasteiger partial charge in [-0.25, -0.2) is 14.2 Å². The number of benzene rings is 2. The van der Waals surface area contributed by atoms with E-state index in [0.717, 1.165) is 17.8 Å². The highest BCUT2D eigenvalue weighted by atomic mass is 19.4. The second-order valence-electron chi connectivity index (χ2n) is 7.22. The topological polar surface area (TPSA) is 54.3 Å². The van der Waals surface area contributed by atoms with Gasteiger partial charge in [0.2, 0.25) is 5.95 Å². The van der Waals surface area contributed by atoms with Crippen LogP contribution in [-0.2, 0) is 12.7 Å². The van der Waals surface area contributed by atoms with Gasteiger partial charge in [0, 0.05) is 31.9 Å². The molecule has 0 bridgehead atoms. The third kappa shape index (κ3) is 4.84. The van der Waals surface area contributed by atoms with Crippen molar-refractivity contribution < 1.29 is 17.6 Å². The molecule has 0 N–H and O–H groups in total. The number of hydrogen-bond donors (Lipinski definition) is 0. The van der Waals surface area contributed by atoms with E-state index >= 15 is 0 Å². The SMILES string of the molecule is O=c1nc(N2CCN(c3ccc(F)cc3)CC2)ncn1Cc1cccc(C(F)(F)F)c1. The molecule has 0 unspecified atom stereocenters. The van der Waals surface area contributed by atoms with Gasteiger partial charge >= 0.3 is 11.9 Å². The maximum atomic E-state index is 13.1. The van der Waals surface area contributed by atoms with Crippen LogP contribution < -0.4 is 15.5 Å². The van der Waals surface area contributed by atoms with Crippen molar-refractivity contribution in [1.82, 2.24) is 14.5 Å². The molecule has 4 rings (SSSR count).